The molecular weight excluding hydrogens is 538 g/mol. The van der Waals surface area contributed by atoms with Gasteiger partial charge >= 0.3 is 18.4 Å². The lowest BCUT2D eigenvalue weighted by Gasteiger charge is -2.21. The Morgan fingerprint density at radius 3 is 2.20 bits per heavy atom. The summed E-state index contributed by atoms with van der Waals surface area (Å²) in [5, 5.41) is 0. The van der Waals surface area contributed by atoms with E-state index in [1.165, 1.54) is 0 Å². The standard InChI is InChI=1S/C29H30F6N2O3/c30-28(31,32)23-15-22(16-24(17-23)29(33,34)35)26(38)36-25-9-8-21(14-25)13-19-7-4-11-37(12-10-19)27(39)40-18-20-5-2-1-3-6-20/h1-3,5-6,15-17,19,21H,4,7-14,18H2/t19?,21-/m0/s1. The summed E-state index contributed by atoms with van der Waals surface area (Å²) in [5.41, 5.74) is -2.42. The van der Waals surface area contributed by atoms with Crippen LogP contribution in [0.5, 0.6) is 0 Å². The minimum atomic E-state index is -5.03. The van der Waals surface area contributed by atoms with Crippen LogP contribution >= 0.6 is 0 Å². The van der Waals surface area contributed by atoms with Crippen LogP contribution in [0.25, 0.3) is 0 Å². The van der Waals surface area contributed by atoms with E-state index in [1.54, 1.807) is 4.90 Å². The third-order valence-corrected chi connectivity index (χ3v) is 7.44. The monoisotopic (exact) mass is 568 g/mol. The molecule has 2 amide bonds. The van der Waals surface area contributed by atoms with Crippen molar-refractivity contribution >= 4 is 17.7 Å². The molecule has 0 bridgehead atoms. The van der Waals surface area contributed by atoms with Crippen LogP contribution in [0.1, 0.15) is 72.0 Å². The topological polar surface area (TPSA) is 59.0 Å². The minimum absolute atomic E-state index is 0.00756. The lowest BCUT2D eigenvalue weighted by atomic mass is 9.88. The van der Waals surface area contributed by atoms with Crippen molar-refractivity contribution in [2.24, 2.45) is 16.8 Å². The summed E-state index contributed by atoms with van der Waals surface area (Å²) in [7, 11) is 0. The van der Waals surface area contributed by atoms with Gasteiger partial charge in [0.2, 0.25) is 0 Å². The van der Waals surface area contributed by atoms with E-state index in [0.29, 0.717) is 49.7 Å². The number of hydrogen-bond acceptors (Lipinski definition) is 3. The van der Waals surface area contributed by atoms with Crippen LogP contribution < -0.4 is 0 Å². The van der Waals surface area contributed by atoms with Crippen molar-refractivity contribution in [3.05, 3.63) is 70.8 Å². The molecule has 1 saturated carbocycles. The molecule has 11 heteroatoms. The van der Waals surface area contributed by atoms with Gasteiger partial charge in [-0.1, -0.05) is 30.3 Å². The van der Waals surface area contributed by atoms with E-state index in [4.69, 9.17) is 4.74 Å². The number of hydrogen-bond donors (Lipinski definition) is 0. The third-order valence-electron chi connectivity index (χ3n) is 7.44. The number of aliphatic imine (C=N–C) groups is 1. The summed E-state index contributed by atoms with van der Waals surface area (Å²) in [5.74, 6) is -0.545. The highest BCUT2D eigenvalue weighted by molar-refractivity contribution is 6.04. The lowest BCUT2D eigenvalue weighted by Crippen LogP contribution is -2.32. The molecular formula is C29H30F6N2O3. The molecule has 2 fully saturated rings. The summed E-state index contributed by atoms with van der Waals surface area (Å²) in [4.78, 5) is 30.7. The molecule has 40 heavy (non-hydrogen) atoms. The molecule has 4 rings (SSSR count). The highest BCUT2D eigenvalue weighted by Gasteiger charge is 2.37. The molecule has 0 spiro atoms. The predicted molar refractivity (Wildman–Crippen MR) is 136 cm³/mol. The van der Waals surface area contributed by atoms with E-state index in [9.17, 15) is 35.9 Å². The van der Waals surface area contributed by atoms with E-state index < -0.39 is 35.0 Å². The molecule has 2 aliphatic rings. The number of carbonyl (C=O) groups is 2. The molecule has 1 saturated heterocycles. The van der Waals surface area contributed by atoms with Gasteiger partial charge in [0, 0.05) is 24.4 Å². The molecule has 5 nitrogen and oxygen atoms in total. The quantitative estimate of drug-likeness (QED) is 0.344. The van der Waals surface area contributed by atoms with Crippen LogP contribution in [-0.4, -0.2) is 35.7 Å². The van der Waals surface area contributed by atoms with Gasteiger partial charge in [-0.15, -0.1) is 0 Å². The van der Waals surface area contributed by atoms with Gasteiger partial charge in [0.25, 0.3) is 5.91 Å². The zero-order valence-corrected chi connectivity index (χ0v) is 21.7. The van der Waals surface area contributed by atoms with Gasteiger partial charge in [0.15, 0.2) is 0 Å². The normalized spacial score (nSPS) is 21.4. The van der Waals surface area contributed by atoms with Crippen molar-refractivity contribution < 1.29 is 40.7 Å². The second-order valence-electron chi connectivity index (χ2n) is 10.4. The third kappa shape index (κ3) is 8.08. The van der Waals surface area contributed by atoms with Gasteiger partial charge in [-0.3, -0.25) is 4.79 Å². The first-order valence-corrected chi connectivity index (χ1v) is 13.2. The Balaban J connectivity index is 1.31. The number of nitrogens with zero attached hydrogens (tertiary/aromatic N) is 2. The van der Waals surface area contributed by atoms with Crippen LogP contribution in [0, 0.1) is 11.8 Å². The fourth-order valence-corrected chi connectivity index (χ4v) is 5.36. The molecule has 216 valence electrons. The number of ether oxygens (including phenoxy) is 1. The molecule has 0 aromatic heterocycles. The van der Waals surface area contributed by atoms with Gasteiger partial charge in [-0.05, 0) is 80.5 Å². The van der Waals surface area contributed by atoms with E-state index in [1.807, 2.05) is 30.3 Å². The molecule has 2 aromatic carbocycles. The van der Waals surface area contributed by atoms with Crippen molar-refractivity contribution in [2.75, 3.05) is 13.1 Å². The first kappa shape index (κ1) is 29.6. The average molecular weight is 569 g/mol. The summed E-state index contributed by atoms with van der Waals surface area (Å²) in [6, 6.07) is 10.2. The molecule has 0 N–H and O–H groups in total. The van der Waals surface area contributed by atoms with Crippen molar-refractivity contribution in [2.45, 2.75) is 63.9 Å². The van der Waals surface area contributed by atoms with Crippen molar-refractivity contribution in [1.29, 1.82) is 0 Å². The zero-order valence-electron chi connectivity index (χ0n) is 21.7. The van der Waals surface area contributed by atoms with Gasteiger partial charge in [-0.25, -0.2) is 9.79 Å². The van der Waals surface area contributed by atoms with Gasteiger partial charge in [0.1, 0.15) is 6.61 Å². The molecule has 1 aliphatic heterocycles. The maximum absolute atomic E-state index is 13.1. The summed E-state index contributed by atoms with van der Waals surface area (Å²) < 4.78 is 84.3. The van der Waals surface area contributed by atoms with Gasteiger partial charge in [-0.2, -0.15) is 26.3 Å². The first-order chi connectivity index (χ1) is 18.9. The highest BCUT2D eigenvalue weighted by atomic mass is 19.4. The zero-order chi connectivity index (χ0) is 28.9. The molecule has 2 aromatic rings. The van der Waals surface area contributed by atoms with Gasteiger partial charge < -0.3 is 9.64 Å². The van der Waals surface area contributed by atoms with Crippen LogP contribution in [0.2, 0.25) is 0 Å². The number of benzene rings is 2. The fourth-order valence-electron chi connectivity index (χ4n) is 5.36. The van der Waals surface area contributed by atoms with Crippen LogP contribution in [0.15, 0.2) is 53.5 Å². The number of rotatable bonds is 5. The van der Waals surface area contributed by atoms with Gasteiger partial charge in [0.05, 0.1) is 11.1 Å². The number of amides is 2. The summed E-state index contributed by atoms with van der Waals surface area (Å²) in [6.45, 7) is 1.38. The Hall–Kier alpha value is -3.37. The molecule has 1 aliphatic carbocycles. The second-order valence-corrected chi connectivity index (χ2v) is 10.4. The van der Waals surface area contributed by atoms with Crippen LogP contribution in [0.3, 0.4) is 0 Å². The largest absolute Gasteiger partial charge is 0.445 e. The Morgan fingerprint density at radius 2 is 1.55 bits per heavy atom. The van der Waals surface area contributed by atoms with Crippen molar-refractivity contribution in [3.8, 4) is 0 Å². The summed E-state index contributed by atoms with van der Waals surface area (Å²) in [6.07, 6.45) is -5.34. The maximum Gasteiger partial charge on any atom is 0.416 e. The fraction of sp³-hybridized carbons (Fsp3) is 0.483. The number of likely N-dealkylation sites (tertiary alicyclic amines) is 1. The first-order valence-electron chi connectivity index (χ1n) is 13.2. The Morgan fingerprint density at radius 1 is 0.875 bits per heavy atom. The Labute approximate surface area is 228 Å². The van der Waals surface area contributed by atoms with Crippen molar-refractivity contribution in [3.63, 3.8) is 0 Å². The van der Waals surface area contributed by atoms with Crippen LogP contribution in [0.4, 0.5) is 31.1 Å². The minimum Gasteiger partial charge on any atom is -0.445 e. The maximum atomic E-state index is 13.1. The second kappa shape index (κ2) is 12.4. The molecule has 1 unspecified atom stereocenters. The Kier molecular flexibility index (Phi) is 9.20. The predicted octanol–water partition coefficient (Wildman–Crippen LogP) is 7.93. The number of alkyl halides is 6. The number of halogens is 6. The average Bonchev–Trinajstić information content (AvgIpc) is 3.20. The van der Waals surface area contributed by atoms with E-state index in [-0.39, 0.29) is 24.7 Å². The highest BCUT2D eigenvalue weighted by Crippen LogP contribution is 2.37. The lowest BCUT2D eigenvalue weighted by molar-refractivity contribution is -0.143. The smallest absolute Gasteiger partial charge is 0.416 e. The molecule has 2 atom stereocenters. The SMILES string of the molecule is O=C(N=C1CC[C@@H](CC2CCCN(C(=O)OCc3ccccc3)CC2)C1)c1cc(C(F)(F)F)cc(C(F)(F)F)c1. The molecule has 1 heterocycles. The van der Waals surface area contributed by atoms with E-state index >= 15 is 0 Å². The van der Waals surface area contributed by atoms with Crippen molar-refractivity contribution in [1.82, 2.24) is 4.90 Å². The van der Waals surface area contributed by atoms with E-state index in [2.05, 4.69) is 4.99 Å². The Bertz CT molecular complexity index is 1190. The number of carbonyl (C=O) groups excluding carboxylic acids is 2. The van der Waals surface area contributed by atoms with Crippen LogP contribution in [-0.2, 0) is 23.7 Å². The van der Waals surface area contributed by atoms with E-state index in [0.717, 1.165) is 37.7 Å². The molecule has 0 radical (unpaired) electrons. The summed E-state index contributed by atoms with van der Waals surface area (Å²) >= 11 is 0.